The van der Waals surface area contributed by atoms with Crippen LogP contribution in [0.25, 0.3) is 0 Å². The van der Waals surface area contributed by atoms with Gasteiger partial charge in [0.15, 0.2) is 0 Å². The van der Waals surface area contributed by atoms with E-state index in [-0.39, 0.29) is 11.8 Å². The Morgan fingerprint density at radius 3 is 2.50 bits per heavy atom. The molecule has 0 aliphatic heterocycles. The largest absolute Gasteiger partial charge is 0.492 e. The molecule has 2 amide bonds. The number of benzene rings is 2. The maximum absolute atomic E-state index is 12.8. The Morgan fingerprint density at radius 1 is 1.07 bits per heavy atom. The van der Waals surface area contributed by atoms with E-state index < -0.39 is 0 Å². The summed E-state index contributed by atoms with van der Waals surface area (Å²) in [5.41, 5.74) is 1.51. The third kappa shape index (κ3) is 5.97. The number of hydrogen-bond acceptors (Lipinski definition) is 4. The average Bonchev–Trinajstić information content (AvgIpc) is 3.25. The number of amides is 2. The molecule has 30 heavy (non-hydrogen) atoms. The van der Waals surface area contributed by atoms with Gasteiger partial charge in [-0.05, 0) is 60.5 Å². The minimum atomic E-state index is -0.287. The zero-order valence-electron chi connectivity index (χ0n) is 16.8. The van der Waals surface area contributed by atoms with Crippen LogP contribution in [0.2, 0.25) is 0 Å². The number of hydrogen-bond donors (Lipinski definition) is 2. The molecule has 0 bridgehead atoms. The minimum Gasteiger partial charge on any atom is -0.492 e. The van der Waals surface area contributed by atoms with E-state index in [9.17, 15) is 9.59 Å². The molecule has 6 nitrogen and oxygen atoms in total. The molecule has 156 valence electrons. The lowest BCUT2D eigenvalue weighted by Crippen LogP contribution is -2.22. The zero-order valence-corrected chi connectivity index (χ0v) is 18.4. The van der Waals surface area contributed by atoms with Crippen LogP contribution >= 0.6 is 15.9 Å². The first-order chi connectivity index (χ1) is 14.4. The highest BCUT2D eigenvalue weighted by Crippen LogP contribution is 2.25. The van der Waals surface area contributed by atoms with Crippen LogP contribution in [0, 0.1) is 5.92 Å². The molecule has 0 unspecified atom stereocenters. The lowest BCUT2D eigenvalue weighted by Gasteiger charge is -2.14. The molecule has 0 aliphatic carbocycles. The molecular weight excluding hydrogens is 448 g/mol. The summed E-state index contributed by atoms with van der Waals surface area (Å²) in [7, 11) is 0. The SMILES string of the molecule is CC(C)COc1ccc(Br)cc1C(=O)Nc1ccc(C(=O)NCc2ccco2)cc1. The van der Waals surface area contributed by atoms with Gasteiger partial charge < -0.3 is 19.8 Å². The van der Waals surface area contributed by atoms with E-state index in [4.69, 9.17) is 9.15 Å². The van der Waals surface area contributed by atoms with Crippen LogP contribution < -0.4 is 15.4 Å². The van der Waals surface area contributed by atoms with Crippen LogP contribution in [0.3, 0.4) is 0 Å². The van der Waals surface area contributed by atoms with Crippen molar-refractivity contribution in [1.29, 1.82) is 0 Å². The molecule has 0 aliphatic rings. The van der Waals surface area contributed by atoms with Crippen LogP contribution in [0.5, 0.6) is 5.75 Å². The fourth-order valence-corrected chi connectivity index (χ4v) is 3.01. The number of rotatable bonds is 8. The highest BCUT2D eigenvalue weighted by atomic mass is 79.9. The van der Waals surface area contributed by atoms with Gasteiger partial charge in [0.05, 0.1) is 25.0 Å². The molecular formula is C23H23BrN2O4. The first-order valence-corrected chi connectivity index (χ1v) is 10.4. The molecule has 3 aromatic rings. The molecule has 0 atom stereocenters. The Labute approximate surface area is 183 Å². The number of halogens is 1. The van der Waals surface area contributed by atoms with Gasteiger partial charge in [-0.3, -0.25) is 9.59 Å². The van der Waals surface area contributed by atoms with E-state index in [0.717, 1.165) is 4.47 Å². The molecule has 0 saturated heterocycles. The summed E-state index contributed by atoms with van der Waals surface area (Å²) in [4.78, 5) is 25.0. The summed E-state index contributed by atoms with van der Waals surface area (Å²) < 4.78 is 11.8. The summed E-state index contributed by atoms with van der Waals surface area (Å²) in [6.07, 6.45) is 1.56. The fraction of sp³-hybridized carbons (Fsp3) is 0.217. The summed E-state index contributed by atoms with van der Waals surface area (Å²) in [6, 6.07) is 15.6. The summed E-state index contributed by atoms with van der Waals surface area (Å²) in [5, 5.41) is 5.63. The van der Waals surface area contributed by atoms with Crippen LogP contribution in [0.4, 0.5) is 5.69 Å². The molecule has 2 N–H and O–H groups in total. The molecule has 1 heterocycles. The Balaban J connectivity index is 1.64. The Hall–Kier alpha value is -3.06. The van der Waals surface area contributed by atoms with Crippen LogP contribution in [0.15, 0.2) is 69.8 Å². The van der Waals surface area contributed by atoms with Gasteiger partial charge in [0.1, 0.15) is 11.5 Å². The maximum Gasteiger partial charge on any atom is 0.259 e. The molecule has 0 radical (unpaired) electrons. The fourth-order valence-electron chi connectivity index (χ4n) is 2.65. The second kappa shape index (κ2) is 10.1. The third-order valence-corrected chi connectivity index (χ3v) is 4.66. The molecule has 0 saturated carbocycles. The average molecular weight is 471 g/mol. The maximum atomic E-state index is 12.8. The second-order valence-electron chi connectivity index (χ2n) is 7.14. The first-order valence-electron chi connectivity index (χ1n) is 9.56. The van der Waals surface area contributed by atoms with E-state index in [0.29, 0.717) is 47.4 Å². The quantitative estimate of drug-likeness (QED) is 0.470. The van der Waals surface area contributed by atoms with E-state index in [2.05, 4.69) is 26.6 Å². The number of ether oxygens (including phenoxy) is 1. The first kappa shape index (κ1) is 21.6. The topological polar surface area (TPSA) is 80.6 Å². The predicted octanol–water partition coefficient (Wildman–Crippen LogP) is 5.26. The summed E-state index contributed by atoms with van der Waals surface area (Å²) in [6.45, 7) is 4.92. The van der Waals surface area contributed by atoms with Crippen LogP contribution in [-0.4, -0.2) is 18.4 Å². The Bertz CT molecular complexity index is 999. The van der Waals surface area contributed by atoms with Crippen LogP contribution in [0.1, 0.15) is 40.3 Å². The van der Waals surface area contributed by atoms with Crippen molar-refractivity contribution in [2.24, 2.45) is 5.92 Å². The minimum absolute atomic E-state index is 0.222. The lowest BCUT2D eigenvalue weighted by atomic mass is 10.1. The summed E-state index contributed by atoms with van der Waals surface area (Å²) in [5.74, 6) is 1.04. The van der Waals surface area contributed by atoms with E-state index in [1.54, 1.807) is 54.8 Å². The molecule has 3 rings (SSSR count). The molecule has 0 fully saturated rings. The molecule has 2 aromatic carbocycles. The number of anilines is 1. The van der Waals surface area contributed by atoms with Gasteiger partial charge in [0, 0.05) is 15.7 Å². The predicted molar refractivity (Wildman–Crippen MR) is 119 cm³/mol. The summed E-state index contributed by atoms with van der Waals surface area (Å²) >= 11 is 3.40. The lowest BCUT2D eigenvalue weighted by molar-refractivity contribution is 0.0947. The smallest absolute Gasteiger partial charge is 0.259 e. The van der Waals surface area contributed by atoms with E-state index >= 15 is 0 Å². The van der Waals surface area contributed by atoms with Crippen molar-refractivity contribution in [1.82, 2.24) is 5.32 Å². The Morgan fingerprint density at radius 2 is 1.83 bits per heavy atom. The Kier molecular flexibility index (Phi) is 7.30. The monoisotopic (exact) mass is 470 g/mol. The molecule has 0 spiro atoms. The highest BCUT2D eigenvalue weighted by molar-refractivity contribution is 9.10. The number of carbonyl (C=O) groups excluding carboxylic acids is 2. The zero-order chi connectivity index (χ0) is 21.5. The second-order valence-corrected chi connectivity index (χ2v) is 8.05. The molecule has 7 heteroatoms. The van der Waals surface area contributed by atoms with Gasteiger partial charge in [0.25, 0.3) is 11.8 Å². The van der Waals surface area contributed by atoms with Gasteiger partial charge in [0.2, 0.25) is 0 Å². The van der Waals surface area contributed by atoms with E-state index in [1.807, 2.05) is 19.9 Å². The van der Waals surface area contributed by atoms with Crippen LogP contribution in [-0.2, 0) is 6.54 Å². The van der Waals surface area contributed by atoms with Gasteiger partial charge in [-0.2, -0.15) is 0 Å². The number of furan rings is 1. The van der Waals surface area contributed by atoms with Gasteiger partial charge >= 0.3 is 0 Å². The third-order valence-electron chi connectivity index (χ3n) is 4.17. The molecule has 1 aromatic heterocycles. The van der Waals surface area contributed by atoms with Crippen molar-refractivity contribution in [3.8, 4) is 5.75 Å². The van der Waals surface area contributed by atoms with Crippen molar-refractivity contribution in [3.05, 3.63) is 82.2 Å². The highest BCUT2D eigenvalue weighted by Gasteiger charge is 2.15. The number of carbonyl (C=O) groups is 2. The van der Waals surface area contributed by atoms with Gasteiger partial charge in [-0.25, -0.2) is 0 Å². The van der Waals surface area contributed by atoms with Crippen molar-refractivity contribution in [2.75, 3.05) is 11.9 Å². The van der Waals surface area contributed by atoms with Gasteiger partial charge in [-0.15, -0.1) is 0 Å². The van der Waals surface area contributed by atoms with Crippen molar-refractivity contribution in [3.63, 3.8) is 0 Å². The normalized spacial score (nSPS) is 10.7. The standard InChI is InChI=1S/C23H23BrN2O4/c1-15(2)14-30-21-10-7-17(24)12-20(21)23(28)26-18-8-5-16(6-9-18)22(27)25-13-19-4-3-11-29-19/h3-12,15H,13-14H2,1-2H3,(H,25,27)(H,26,28). The van der Waals surface area contributed by atoms with E-state index in [1.165, 1.54) is 0 Å². The van der Waals surface area contributed by atoms with Crippen molar-refractivity contribution >= 4 is 33.4 Å². The number of nitrogens with one attached hydrogen (secondary N) is 2. The van der Waals surface area contributed by atoms with Crippen molar-refractivity contribution in [2.45, 2.75) is 20.4 Å². The van der Waals surface area contributed by atoms with Crippen molar-refractivity contribution < 1.29 is 18.7 Å². The van der Waals surface area contributed by atoms with Gasteiger partial charge in [-0.1, -0.05) is 29.8 Å².